The molecule has 2 aromatic rings. The van der Waals surface area contributed by atoms with Crippen LogP contribution in [-0.4, -0.2) is 29.3 Å². The van der Waals surface area contributed by atoms with Gasteiger partial charge in [0.2, 0.25) is 11.7 Å². The quantitative estimate of drug-likeness (QED) is 0.472. The molecule has 8 nitrogen and oxygen atoms in total. The van der Waals surface area contributed by atoms with Crippen LogP contribution in [0.2, 0.25) is 0 Å². The van der Waals surface area contributed by atoms with Crippen molar-refractivity contribution >= 4 is 17.8 Å². The van der Waals surface area contributed by atoms with Crippen LogP contribution in [0.1, 0.15) is 11.1 Å². The standard InChI is InChI=1S/C16H14FN3O5/c1-25-14-7-11(6-13(16(14)22)20(23)24)9-18-19-15(21)8-10-2-4-12(17)5-3-10/h2-7,9,22H,8H2,1H3,(H,19,21)/b18-9-. The van der Waals surface area contributed by atoms with Crippen molar-refractivity contribution in [2.24, 2.45) is 5.10 Å². The number of halogens is 1. The van der Waals surface area contributed by atoms with Gasteiger partial charge in [0.25, 0.3) is 0 Å². The average Bonchev–Trinajstić information content (AvgIpc) is 2.58. The number of hydrazone groups is 1. The maximum atomic E-state index is 12.8. The number of carbonyl (C=O) groups excluding carboxylic acids is 1. The van der Waals surface area contributed by atoms with Gasteiger partial charge in [-0.2, -0.15) is 5.10 Å². The Morgan fingerprint density at radius 1 is 1.40 bits per heavy atom. The highest BCUT2D eigenvalue weighted by Gasteiger charge is 2.19. The number of phenolic OH excluding ortho intramolecular Hbond substituents is 1. The fraction of sp³-hybridized carbons (Fsp3) is 0.125. The van der Waals surface area contributed by atoms with E-state index >= 15 is 0 Å². The van der Waals surface area contributed by atoms with Crippen LogP contribution in [0.3, 0.4) is 0 Å². The number of carbonyl (C=O) groups is 1. The first-order valence-corrected chi connectivity index (χ1v) is 7.02. The molecule has 0 unspecified atom stereocenters. The molecule has 0 heterocycles. The highest BCUT2D eigenvalue weighted by molar-refractivity contribution is 5.85. The number of nitro benzene ring substituents is 1. The van der Waals surface area contributed by atoms with Crippen molar-refractivity contribution in [2.45, 2.75) is 6.42 Å². The number of benzene rings is 2. The number of methoxy groups -OCH3 is 1. The first-order chi connectivity index (χ1) is 11.9. The van der Waals surface area contributed by atoms with Crippen molar-refractivity contribution in [1.29, 1.82) is 0 Å². The molecule has 2 rings (SSSR count). The molecule has 130 valence electrons. The smallest absolute Gasteiger partial charge is 0.315 e. The van der Waals surface area contributed by atoms with E-state index in [1.807, 2.05) is 0 Å². The van der Waals surface area contributed by atoms with Gasteiger partial charge in [0.05, 0.1) is 24.7 Å². The van der Waals surface area contributed by atoms with E-state index in [-0.39, 0.29) is 17.7 Å². The summed E-state index contributed by atoms with van der Waals surface area (Å²) in [5.41, 5.74) is 2.58. The van der Waals surface area contributed by atoms with Gasteiger partial charge in [0.1, 0.15) is 5.82 Å². The van der Waals surface area contributed by atoms with Gasteiger partial charge in [0, 0.05) is 11.6 Å². The predicted octanol–water partition coefficient (Wildman–Crippen LogP) is 2.14. The number of amides is 1. The molecule has 0 aliphatic rings. The van der Waals surface area contributed by atoms with Gasteiger partial charge < -0.3 is 9.84 Å². The Bertz CT molecular complexity index is 821. The third kappa shape index (κ3) is 4.74. The molecule has 2 N–H and O–H groups in total. The van der Waals surface area contributed by atoms with Crippen LogP contribution < -0.4 is 10.2 Å². The van der Waals surface area contributed by atoms with Gasteiger partial charge in [-0.05, 0) is 23.8 Å². The normalized spacial score (nSPS) is 10.6. The maximum absolute atomic E-state index is 12.8. The summed E-state index contributed by atoms with van der Waals surface area (Å²) in [6.45, 7) is 0. The predicted molar refractivity (Wildman–Crippen MR) is 87.2 cm³/mol. The van der Waals surface area contributed by atoms with Crippen molar-refractivity contribution < 1.29 is 24.0 Å². The van der Waals surface area contributed by atoms with Gasteiger partial charge in [-0.3, -0.25) is 14.9 Å². The van der Waals surface area contributed by atoms with Crippen molar-refractivity contribution in [3.8, 4) is 11.5 Å². The summed E-state index contributed by atoms with van der Waals surface area (Å²) in [7, 11) is 1.25. The fourth-order valence-corrected chi connectivity index (χ4v) is 1.99. The molecule has 25 heavy (non-hydrogen) atoms. The lowest BCUT2D eigenvalue weighted by molar-refractivity contribution is -0.386. The lowest BCUT2D eigenvalue weighted by Gasteiger charge is -2.05. The monoisotopic (exact) mass is 347 g/mol. The highest BCUT2D eigenvalue weighted by atomic mass is 19.1. The number of nitrogens with one attached hydrogen (secondary N) is 1. The van der Waals surface area contributed by atoms with Crippen LogP contribution in [-0.2, 0) is 11.2 Å². The second-order valence-electron chi connectivity index (χ2n) is 4.94. The maximum Gasteiger partial charge on any atom is 0.315 e. The molecule has 1 amide bonds. The first kappa shape index (κ1) is 17.9. The second-order valence-corrected chi connectivity index (χ2v) is 4.94. The third-order valence-electron chi connectivity index (χ3n) is 3.17. The Kier molecular flexibility index (Phi) is 5.62. The number of aromatic hydroxyl groups is 1. The number of rotatable bonds is 6. The minimum Gasteiger partial charge on any atom is -0.500 e. The summed E-state index contributed by atoms with van der Waals surface area (Å²) in [4.78, 5) is 21.9. The topological polar surface area (TPSA) is 114 Å². The van der Waals surface area contributed by atoms with Crippen LogP contribution in [0.4, 0.5) is 10.1 Å². The number of ether oxygens (including phenoxy) is 1. The zero-order valence-corrected chi connectivity index (χ0v) is 13.1. The molecule has 0 radical (unpaired) electrons. The summed E-state index contributed by atoms with van der Waals surface area (Å²) >= 11 is 0. The fourth-order valence-electron chi connectivity index (χ4n) is 1.99. The number of hydrogen-bond acceptors (Lipinski definition) is 6. The van der Waals surface area contributed by atoms with Crippen molar-refractivity contribution in [3.63, 3.8) is 0 Å². The van der Waals surface area contributed by atoms with Crippen LogP contribution >= 0.6 is 0 Å². The molecule has 0 bridgehead atoms. The van der Waals surface area contributed by atoms with Crippen LogP contribution in [0, 0.1) is 15.9 Å². The lowest BCUT2D eigenvalue weighted by atomic mass is 10.1. The van der Waals surface area contributed by atoms with E-state index in [9.17, 15) is 24.4 Å². The summed E-state index contributed by atoms with van der Waals surface area (Å²) in [5, 5.41) is 24.3. The van der Waals surface area contributed by atoms with Gasteiger partial charge in [-0.25, -0.2) is 9.82 Å². The molecule has 0 atom stereocenters. The Morgan fingerprint density at radius 3 is 2.68 bits per heavy atom. The van der Waals surface area contributed by atoms with Gasteiger partial charge in [-0.1, -0.05) is 12.1 Å². The van der Waals surface area contributed by atoms with E-state index in [2.05, 4.69) is 10.5 Å². The first-order valence-electron chi connectivity index (χ1n) is 7.02. The zero-order chi connectivity index (χ0) is 18.4. The molecule has 0 aliphatic carbocycles. The number of phenols is 1. The molecule has 0 saturated heterocycles. The largest absolute Gasteiger partial charge is 0.500 e. The summed E-state index contributed by atoms with van der Waals surface area (Å²) in [6, 6.07) is 7.87. The Labute approximate surface area is 141 Å². The average molecular weight is 347 g/mol. The van der Waals surface area contributed by atoms with E-state index in [4.69, 9.17) is 4.74 Å². The Hall–Kier alpha value is -3.49. The number of nitrogens with zero attached hydrogens (tertiary/aromatic N) is 2. The molecule has 9 heteroatoms. The van der Waals surface area contributed by atoms with Gasteiger partial charge in [0.15, 0.2) is 5.75 Å². The summed E-state index contributed by atoms with van der Waals surface area (Å²) in [5.74, 6) is -1.52. The summed E-state index contributed by atoms with van der Waals surface area (Å²) < 4.78 is 17.7. The molecule has 0 aromatic heterocycles. The Morgan fingerprint density at radius 2 is 2.08 bits per heavy atom. The number of nitro groups is 1. The highest BCUT2D eigenvalue weighted by Crippen LogP contribution is 2.36. The van der Waals surface area contributed by atoms with E-state index in [0.29, 0.717) is 5.56 Å². The minimum atomic E-state index is -0.762. The molecule has 0 spiro atoms. The van der Waals surface area contributed by atoms with Crippen molar-refractivity contribution in [2.75, 3.05) is 7.11 Å². The van der Waals surface area contributed by atoms with Crippen molar-refractivity contribution in [3.05, 3.63) is 63.5 Å². The van der Waals surface area contributed by atoms with Crippen LogP contribution in [0.15, 0.2) is 41.5 Å². The molecular formula is C16H14FN3O5. The number of hydrogen-bond donors (Lipinski definition) is 2. The molecule has 2 aromatic carbocycles. The third-order valence-corrected chi connectivity index (χ3v) is 3.17. The van der Waals surface area contributed by atoms with Gasteiger partial charge >= 0.3 is 5.69 Å². The van der Waals surface area contributed by atoms with E-state index in [1.54, 1.807) is 0 Å². The van der Waals surface area contributed by atoms with Crippen LogP contribution in [0.25, 0.3) is 0 Å². The van der Waals surface area contributed by atoms with E-state index in [1.165, 1.54) is 43.7 Å². The summed E-state index contributed by atoms with van der Waals surface area (Å²) in [6.07, 6.45) is 1.17. The molecule has 0 saturated carbocycles. The second kappa shape index (κ2) is 7.86. The van der Waals surface area contributed by atoms with Crippen LogP contribution in [0.5, 0.6) is 11.5 Å². The van der Waals surface area contributed by atoms with Crippen molar-refractivity contribution in [1.82, 2.24) is 5.43 Å². The molecular weight excluding hydrogens is 333 g/mol. The molecule has 0 aliphatic heterocycles. The Balaban J connectivity index is 2.06. The van der Waals surface area contributed by atoms with E-state index in [0.717, 1.165) is 6.07 Å². The molecule has 0 fully saturated rings. The zero-order valence-electron chi connectivity index (χ0n) is 13.1. The lowest BCUT2D eigenvalue weighted by Crippen LogP contribution is -2.19. The minimum absolute atomic E-state index is 0.00331. The SMILES string of the molecule is COc1cc(/C=N\NC(=O)Cc2ccc(F)cc2)cc([N+](=O)[O-])c1O. The van der Waals surface area contributed by atoms with Gasteiger partial charge in [-0.15, -0.1) is 0 Å². The van der Waals surface area contributed by atoms with E-state index < -0.39 is 28.1 Å².